The fourth-order valence-electron chi connectivity index (χ4n) is 2.00. The molecule has 1 aliphatic heterocycles. The summed E-state index contributed by atoms with van der Waals surface area (Å²) in [6.45, 7) is 11.1. The van der Waals surface area contributed by atoms with E-state index in [-0.39, 0.29) is 18.0 Å². The molecule has 0 saturated carbocycles. The van der Waals surface area contributed by atoms with Crippen LogP contribution in [0.3, 0.4) is 0 Å². The maximum Gasteiger partial charge on any atom is 0.328 e. The molecule has 1 aliphatic rings. The summed E-state index contributed by atoms with van der Waals surface area (Å²) in [6, 6.07) is -0.833. The number of carbonyl (C=O) groups is 2. The lowest BCUT2D eigenvalue weighted by atomic mass is 10.2. The number of nitrogens with zero attached hydrogens (tertiary/aromatic N) is 1. The quantitative estimate of drug-likeness (QED) is 0.575. The molecule has 0 aromatic carbocycles. The van der Waals surface area contributed by atoms with E-state index in [1.165, 1.54) is 12.0 Å². The molecular weight excluding hydrogens is 293 g/mol. The second-order valence-corrected chi connectivity index (χ2v) is 11.7. The van der Waals surface area contributed by atoms with Crippen molar-refractivity contribution < 1.29 is 23.1 Å². The van der Waals surface area contributed by atoms with Crippen LogP contribution in [0.5, 0.6) is 0 Å². The van der Waals surface area contributed by atoms with E-state index in [1.54, 1.807) is 0 Å². The van der Waals surface area contributed by atoms with E-state index in [4.69, 9.17) is 4.43 Å². The van der Waals surface area contributed by atoms with Crippen molar-refractivity contribution in [3.8, 4) is 0 Å². The molecule has 0 bridgehead atoms. The molecule has 1 saturated heterocycles. The predicted molar refractivity (Wildman–Crippen MR) is 80.2 cm³/mol. The molecular formula is C14H26FNO4Si. The standard InChI is InChI=1S/C14H26FNO4Si/c1-14(2,3)21(5,6)20-8-7-16-11(13(18)19-4)9-10(15)12(16)17/h10-11H,7-9H2,1-6H3/t10-,11-/m1/s1. The Labute approximate surface area is 126 Å². The van der Waals surface area contributed by atoms with E-state index in [9.17, 15) is 14.0 Å². The van der Waals surface area contributed by atoms with E-state index in [1.807, 2.05) is 0 Å². The van der Waals surface area contributed by atoms with Crippen molar-refractivity contribution in [3.63, 3.8) is 0 Å². The van der Waals surface area contributed by atoms with Gasteiger partial charge in [-0.15, -0.1) is 0 Å². The molecule has 1 fully saturated rings. The molecule has 1 amide bonds. The Morgan fingerprint density at radius 3 is 2.48 bits per heavy atom. The van der Waals surface area contributed by atoms with Crippen LogP contribution in [0.2, 0.25) is 18.1 Å². The van der Waals surface area contributed by atoms with E-state index >= 15 is 0 Å². The number of rotatable bonds is 5. The summed E-state index contributed by atoms with van der Waals surface area (Å²) < 4.78 is 24.1. The number of hydrogen-bond acceptors (Lipinski definition) is 4. The van der Waals surface area contributed by atoms with Gasteiger partial charge < -0.3 is 14.1 Å². The highest BCUT2D eigenvalue weighted by atomic mass is 28.4. The summed E-state index contributed by atoms with van der Waals surface area (Å²) in [6.07, 6.45) is -1.76. The molecule has 1 heterocycles. The number of ether oxygens (including phenoxy) is 1. The number of amides is 1. The first-order valence-corrected chi connectivity index (χ1v) is 10.1. The SMILES string of the molecule is COC(=O)[C@H]1C[C@@H](F)C(=O)N1CCO[Si](C)(C)C(C)(C)C. The summed E-state index contributed by atoms with van der Waals surface area (Å²) in [4.78, 5) is 24.6. The Morgan fingerprint density at radius 1 is 1.43 bits per heavy atom. The number of likely N-dealkylation sites (tertiary alicyclic amines) is 1. The fraction of sp³-hybridized carbons (Fsp3) is 0.857. The van der Waals surface area contributed by atoms with Crippen LogP contribution >= 0.6 is 0 Å². The average Bonchev–Trinajstić information content (AvgIpc) is 2.64. The van der Waals surface area contributed by atoms with Gasteiger partial charge in [0.25, 0.3) is 5.91 Å². The van der Waals surface area contributed by atoms with Crippen molar-refractivity contribution in [2.45, 2.75) is 57.5 Å². The van der Waals surface area contributed by atoms with E-state index < -0.39 is 32.4 Å². The van der Waals surface area contributed by atoms with Gasteiger partial charge in [-0.1, -0.05) is 20.8 Å². The number of esters is 1. The number of halogens is 1. The van der Waals surface area contributed by atoms with Crippen LogP contribution in [0, 0.1) is 0 Å². The zero-order valence-corrected chi connectivity index (χ0v) is 14.7. The highest BCUT2D eigenvalue weighted by Crippen LogP contribution is 2.36. The van der Waals surface area contributed by atoms with Crippen LogP contribution in [0.1, 0.15) is 27.2 Å². The first-order valence-electron chi connectivity index (χ1n) is 7.17. The zero-order valence-electron chi connectivity index (χ0n) is 13.7. The molecule has 5 nitrogen and oxygen atoms in total. The molecule has 0 N–H and O–H groups in total. The zero-order chi connectivity index (χ0) is 16.4. The van der Waals surface area contributed by atoms with Crippen LogP contribution in [-0.4, -0.2) is 57.6 Å². The summed E-state index contributed by atoms with van der Waals surface area (Å²) in [5.74, 6) is -1.22. The fourth-order valence-corrected chi connectivity index (χ4v) is 3.03. The minimum Gasteiger partial charge on any atom is -0.467 e. The van der Waals surface area contributed by atoms with Crippen molar-refractivity contribution in [3.05, 3.63) is 0 Å². The van der Waals surface area contributed by atoms with E-state index in [0.717, 1.165) is 0 Å². The Morgan fingerprint density at radius 2 is 2.00 bits per heavy atom. The molecule has 0 aromatic rings. The summed E-state index contributed by atoms with van der Waals surface area (Å²) >= 11 is 0. The van der Waals surface area contributed by atoms with E-state index in [2.05, 4.69) is 38.6 Å². The monoisotopic (exact) mass is 319 g/mol. The van der Waals surface area contributed by atoms with Gasteiger partial charge in [0.15, 0.2) is 14.5 Å². The smallest absolute Gasteiger partial charge is 0.328 e. The lowest BCUT2D eigenvalue weighted by Gasteiger charge is -2.36. The molecule has 0 aliphatic carbocycles. The minimum atomic E-state index is -1.92. The Bertz CT molecular complexity index is 408. The third-order valence-corrected chi connectivity index (χ3v) is 8.97. The highest BCUT2D eigenvalue weighted by molar-refractivity contribution is 6.74. The normalized spacial score (nSPS) is 23.6. The molecule has 122 valence electrons. The van der Waals surface area contributed by atoms with Crippen LogP contribution in [0.4, 0.5) is 4.39 Å². The number of hydrogen-bond donors (Lipinski definition) is 0. The van der Waals surface area contributed by atoms with Gasteiger partial charge in [-0.05, 0) is 18.1 Å². The average molecular weight is 319 g/mol. The second kappa shape index (κ2) is 6.44. The summed E-state index contributed by atoms with van der Waals surface area (Å²) in [7, 11) is -0.682. The van der Waals surface area contributed by atoms with Gasteiger partial charge in [0, 0.05) is 13.0 Å². The van der Waals surface area contributed by atoms with Crippen LogP contribution in [0.15, 0.2) is 0 Å². The Kier molecular flexibility index (Phi) is 5.55. The molecule has 2 atom stereocenters. The lowest BCUT2D eigenvalue weighted by Crippen LogP contribution is -2.45. The Balaban J connectivity index is 2.64. The predicted octanol–water partition coefficient (Wildman–Crippen LogP) is 2.12. The number of alkyl halides is 1. The molecule has 0 spiro atoms. The number of methoxy groups -OCH3 is 1. The van der Waals surface area contributed by atoms with Gasteiger partial charge in [0.2, 0.25) is 0 Å². The van der Waals surface area contributed by atoms with Gasteiger partial charge >= 0.3 is 5.97 Å². The van der Waals surface area contributed by atoms with Crippen molar-refractivity contribution in [2.75, 3.05) is 20.3 Å². The first-order chi connectivity index (χ1) is 9.51. The van der Waals surface area contributed by atoms with Crippen LogP contribution in [-0.2, 0) is 18.8 Å². The minimum absolute atomic E-state index is 0.0619. The van der Waals surface area contributed by atoms with E-state index in [0.29, 0.717) is 6.61 Å². The lowest BCUT2D eigenvalue weighted by molar-refractivity contribution is -0.149. The van der Waals surface area contributed by atoms with Crippen LogP contribution in [0.25, 0.3) is 0 Å². The topological polar surface area (TPSA) is 55.8 Å². The van der Waals surface area contributed by atoms with Gasteiger partial charge in [0.1, 0.15) is 6.04 Å². The third-order valence-electron chi connectivity index (χ3n) is 4.43. The molecule has 7 heteroatoms. The van der Waals surface area contributed by atoms with Crippen molar-refractivity contribution >= 4 is 20.2 Å². The largest absolute Gasteiger partial charge is 0.467 e. The maximum absolute atomic E-state index is 13.5. The van der Waals surface area contributed by atoms with Crippen molar-refractivity contribution in [1.82, 2.24) is 4.90 Å². The van der Waals surface area contributed by atoms with Crippen LogP contribution < -0.4 is 0 Å². The maximum atomic E-state index is 13.5. The molecule has 0 aromatic heterocycles. The van der Waals surface area contributed by atoms with Gasteiger partial charge in [0.05, 0.1) is 13.7 Å². The molecule has 0 radical (unpaired) electrons. The summed E-state index contributed by atoms with van der Waals surface area (Å²) in [5.41, 5.74) is 0. The first kappa shape index (κ1) is 18.1. The van der Waals surface area contributed by atoms with Gasteiger partial charge in [-0.2, -0.15) is 0 Å². The molecule has 1 rings (SSSR count). The molecule has 21 heavy (non-hydrogen) atoms. The number of carbonyl (C=O) groups excluding carboxylic acids is 2. The van der Waals surface area contributed by atoms with Gasteiger partial charge in [-0.25, -0.2) is 9.18 Å². The summed E-state index contributed by atoms with van der Waals surface area (Å²) in [5, 5.41) is 0.0619. The van der Waals surface area contributed by atoms with Crippen molar-refractivity contribution in [2.24, 2.45) is 0 Å². The van der Waals surface area contributed by atoms with Crippen molar-refractivity contribution in [1.29, 1.82) is 0 Å². The third kappa shape index (κ3) is 4.03. The van der Waals surface area contributed by atoms with Gasteiger partial charge in [-0.3, -0.25) is 4.79 Å². The Hall–Kier alpha value is -0.953. The molecule has 0 unspecified atom stereocenters. The highest BCUT2D eigenvalue weighted by Gasteiger charge is 2.44. The second-order valence-electron chi connectivity index (χ2n) is 6.88.